The van der Waals surface area contributed by atoms with E-state index in [1.54, 1.807) is 0 Å². The van der Waals surface area contributed by atoms with Crippen molar-refractivity contribution >= 4 is 23.1 Å². The van der Waals surface area contributed by atoms with Gasteiger partial charge >= 0.3 is 0 Å². The lowest BCUT2D eigenvalue weighted by atomic mass is 9.70. The molecule has 37 heavy (non-hydrogen) atoms. The second-order valence-corrected chi connectivity index (χ2v) is 11.5. The van der Waals surface area contributed by atoms with Gasteiger partial charge in [-0.1, -0.05) is 52.7 Å². The Morgan fingerprint density at radius 2 is 1.86 bits per heavy atom. The minimum absolute atomic E-state index is 0.0108. The molecule has 0 heterocycles. The summed E-state index contributed by atoms with van der Waals surface area (Å²) < 4.78 is 0. The highest BCUT2D eigenvalue weighted by molar-refractivity contribution is 6.01. The first-order valence-electron chi connectivity index (χ1n) is 14.4. The summed E-state index contributed by atoms with van der Waals surface area (Å²) in [6.45, 7) is 15.7. The van der Waals surface area contributed by atoms with Crippen molar-refractivity contribution in [3.8, 4) is 0 Å². The molecule has 0 aliphatic heterocycles. The molecule has 1 aromatic rings. The molecule has 4 nitrogen and oxygen atoms in total. The van der Waals surface area contributed by atoms with Crippen molar-refractivity contribution in [1.29, 1.82) is 0 Å². The zero-order valence-corrected chi connectivity index (χ0v) is 24.1. The van der Waals surface area contributed by atoms with Crippen molar-refractivity contribution in [2.24, 2.45) is 17.8 Å². The molecular formula is C33H48O4. The third-order valence-corrected chi connectivity index (χ3v) is 8.10. The van der Waals surface area contributed by atoms with Crippen molar-refractivity contribution in [1.82, 2.24) is 0 Å². The number of Topliss-reactive ketones (excluding diaryl/α,β-unsaturated/α-hetero) is 4. The average molecular weight is 509 g/mol. The summed E-state index contributed by atoms with van der Waals surface area (Å²) in [5.41, 5.74) is 5.12. The Kier molecular flexibility index (Phi) is 12.1. The number of hydrogen-bond acceptors (Lipinski definition) is 4. The number of fused-ring (bicyclic) bond motifs is 1. The van der Waals surface area contributed by atoms with Crippen LogP contribution in [0.5, 0.6) is 0 Å². The van der Waals surface area contributed by atoms with Crippen LogP contribution in [-0.2, 0) is 27.2 Å². The second-order valence-electron chi connectivity index (χ2n) is 11.5. The first-order chi connectivity index (χ1) is 17.5. The highest BCUT2D eigenvalue weighted by atomic mass is 16.1. The molecule has 4 heteroatoms. The van der Waals surface area contributed by atoms with Gasteiger partial charge in [0, 0.05) is 30.7 Å². The molecule has 1 aliphatic carbocycles. The van der Waals surface area contributed by atoms with Crippen LogP contribution in [0.4, 0.5) is 0 Å². The first kappa shape index (κ1) is 30.9. The first-order valence-corrected chi connectivity index (χ1v) is 14.4. The van der Waals surface area contributed by atoms with Crippen molar-refractivity contribution < 1.29 is 19.2 Å². The molecule has 0 fully saturated rings. The van der Waals surface area contributed by atoms with Crippen LogP contribution < -0.4 is 0 Å². The van der Waals surface area contributed by atoms with E-state index in [2.05, 4.69) is 33.4 Å². The van der Waals surface area contributed by atoms with E-state index in [1.807, 2.05) is 19.9 Å². The number of ketones is 4. The SMILES string of the molecule is C=CCCCC(=O)Cc1cc(C(C)C)c2c(c1C)C(=O)CC(CC(CCC)C(CC)C(=O)CC(C)=O)C2. The standard InChI is InChI=1S/C33H48O4/c1-8-11-12-14-27(35)19-26-20-29(21(4)5)30-17-24(18-32(37)33(30)23(26)7)16-25(13-9-2)28(10-3)31(36)15-22(6)34/h8,20-21,24-25,28H,1,9-19H2,2-7H3. The zero-order valence-electron chi connectivity index (χ0n) is 24.1. The fraction of sp³-hybridized carbons (Fsp3) is 0.636. The Morgan fingerprint density at radius 3 is 2.43 bits per heavy atom. The molecule has 3 unspecified atom stereocenters. The third-order valence-electron chi connectivity index (χ3n) is 8.10. The van der Waals surface area contributed by atoms with Gasteiger partial charge in [-0.2, -0.15) is 0 Å². The maximum atomic E-state index is 13.6. The minimum Gasteiger partial charge on any atom is -0.300 e. The molecule has 1 aliphatic rings. The van der Waals surface area contributed by atoms with Crippen LogP contribution in [-0.4, -0.2) is 23.1 Å². The Bertz CT molecular complexity index is 1000. The molecule has 0 bridgehead atoms. The summed E-state index contributed by atoms with van der Waals surface area (Å²) in [5, 5.41) is 0. The highest BCUT2D eigenvalue weighted by Gasteiger charge is 2.34. The van der Waals surface area contributed by atoms with Gasteiger partial charge in [0.05, 0.1) is 6.42 Å². The molecule has 0 aromatic heterocycles. The molecular weight excluding hydrogens is 460 g/mol. The Hall–Kier alpha value is -2.36. The van der Waals surface area contributed by atoms with Crippen LogP contribution in [0.15, 0.2) is 18.7 Å². The molecule has 3 atom stereocenters. The van der Waals surface area contributed by atoms with Gasteiger partial charge < -0.3 is 0 Å². The van der Waals surface area contributed by atoms with E-state index in [4.69, 9.17) is 0 Å². The van der Waals surface area contributed by atoms with Crippen LogP contribution in [0.2, 0.25) is 0 Å². The lowest BCUT2D eigenvalue weighted by Crippen LogP contribution is -2.30. The number of allylic oxidation sites excluding steroid dienone is 1. The van der Waals surface area contributed by atoms with Gasteiger partial charge in [-0.15, -0.1) is 6.58 Å². The summed E-state index contributed by atoms with van der Waals surface area (Å²) in [7, 11) is 0. The van der Waals surface area contributed by atoms with E-state index in [0.29, 0.717) is 19.3 Å². The quantitative estimate of drug-likeness (QED) is 0.130. The molecule has 0 saturated heterocycles. The summed E-state index contributed by atoms with van der Waals surface area (Å²) in [4.78, 5) is 50.8. The molecule has 204 valence electrons. The lowest BCUT2D eigenvalue weighted by Gasteiger charge is -2.33. The van der Waals surface area contributed by atoms with Crippen LogP contribution in [0.25, 0.3) is 0 Å². The smallest absolute Gasteiger partial charge is 0.163 e. The number of unbranched alkanes of at least 4 members (excludes halogenated alkanes) is 1. The molecule has 0 amide bonds. The summed E-state index contributed by atoms with van der Waals surface area (Å²) in [6.07, 6.45) is 9.22. The van der Waals surface area contributed by atoms with Crippen LogP contribution in [0.3, 0.4) is 0 Å². The van der Waals surface area contributed by atoms with Gasteiger partial charge in [-0.05, 0) is 86.0 Å². The lowest BCUT2D eigenvalue weighted by molar-refractivity contribution is -0.130. The van der Waals surface area contributed by atoms with E-state index in [9.17, 15) is 19.2 Å². The number of benzene rings is 1. The Labute approximate surface area is 224 Å². The van der Waals surface area contributed by atoms with Gasteiger partial charge in [0.25, 0.3) is 0 Å². The second kappa shape index (κ2) is 14.5. The minimum atomic E-state index is -0.124. The van der Waals surface area contributed by atoms with Crippen LogP contribution in [0, 0.1) is 24.7 Å². The van der Waals surface area contributed by atoms with E-state index in [1.165, 1.54) is 12.5 Å². The van der Waals surface area contributed by atoms with E-state index in [0.717, 1.165) is 67.2 Å². The number of rotatable bonds is 16. The summed E-state index contributed by atoms with van der Waals surface area (Å²) >= 11 is 0. The van der Waals surface area contributed by atoms with Crippen molar-refractivity contribution in [3.63, 3.8) is 0 Å². The fourth-order valence-electron chi connectivity index (χ4n) is 6.33. The number of carbonyl (C=O) groups excluding carboxylic acids is 4. The fourth-order valence-corrected chi connectivity index (χ4v) is 6.33. The third kappa shape index (κ3) is 8.32. The maximum Gasteiger partial charge on any atom is 0.163 e. The maximum absolute atomic E-state index is 13.6. The van der Waals surface area contributed by atoms with E-state index in [-0.39, 0.29) is 53.2 Å². The predicted molar refractivity (Wildman–Crippen MR) is 151 cm³/mol. The van der Waals surface area contributed by atoms with Crippen molar-refractivity contribution in [2.45, 2.75) is 118 Å². The topological polar surface area (TPSA) is 68.3 Å². The van der Waals surface area contributed by atoms with Gasteiger partial charge in [-0.3, -0.25) is 19.2 Å². The number of hydrogen-bond donors (Lipinski definition) is 0. The predicted octanol–water partition coefficient (Wildman–Crippen LogP) is 7.71. The Morgan fingerprint density at radius 1 is 1.16 bits per heavy atom. The summed E-state index contributed by atoms with van der Waals surface area (Å²) in [6, 6.07) is 2.18. The van der Waals surface area contributed by atoms with Gasteiger partial charge in [0.1, 0.15) is 17.3 Å². The molecule has 0 radical (unpaired) electrons. The van der Waals surface area contributed by atoms with Gasteiger partial charge in [0.2, 0.25) is 0 Å². The van der Waals surface area contributed by atoms with Crippen molar-refractivity contribution in [3.05, 3.63) is 46.5 Å². The average Bonchev–Trinajstić information content (AvgIpc) is 2.80. The zero-order chi connectivity index (χ0) is 27.7. The largest absolute Gasteiger partial charge is 0.300 e. The van der Waals surface area contributed by atoms with Gasteiger partial charge in [-0.25, -0.2) is 0 Å². The highest BCUT2D eigenvalue weighted by Crippen LogP contribution is 2.40. The van der Waals surface area contributed by atoms with E-state index < -0.39 is 0 Å². The molecule has 0 spiro atoms. The number of carbonyl (C=O) groups is 4. The molecule has 0 N–H and O–H groups in total. The van der Waals surface area contributed by atoms with E-state index >= 15 is 0 Å². The van der Waals surface area contributed by atoms with Crippen LogP contribution >= 0.6 is 0 Å². The molecule has 0 saturated carbocycles. The summed E-state index contributed by atoms with van der Waals surface area (Å²) in [5.74, 6) is 0.874. The monoisotopic (exact) mass is 508 g/mol. The molecule has 2 rings (SSSR count). The van der Waals surface area contributed by atoms with Crippen molar-refractivity contribution in [2.75, 3.05) is 0 Å². The molecule has 1 aromatic carbocycles. The normalized spacial score (nSPS) is 16.8. The van der Waals surface area contributed by atoms with Gasteiger partial charge in [0.15, 0.2) is 5.78 Å². The Balaban J connectivity index is 2.35. The van der Waals surface area contributed by atoms with Crippen LogP contribution in [0.1, 0.15) is 131 Å².